The number of sulfone groups is 1. The number of benzene rings is 1. The molecule has 1 aliphatic heterocycles. The summed E-state index contributed by atoms with van der Waals surface area (Å²) >= 11 is 5.96. The maximum absolute atomic E-state index is 11.9. The number of aromatic amines is 1. The second-order valence-electron chi connectivity index (χ2n) is 5.71. The molecule has 23 heavy (non-hydrogen) atoms. The third kappa shape index (κ3) is 3.79. The van der Waals surface area contributed by atoms with Crippen LogP contribution in [0, 0.1) is 0 Å². The summed E-state index contributed by atoms with van der Waals surface area (Å²) in [5.74, 6) is -0.189. The van der Waals surface area contributed by atoms with E-state index in [9.17, 15) is 13.2 Å². The Morgan fingerprint density at radius 1 is 1.30 bits per heavy atom. The van der Waals surface area contributed by atoms with Gasteiger partial charge in [-0.25, -0.2) is 13.2 Å². The lowest BCUT2D eigenvalue weighted by atomic mass is 10.1. The van der Waals surface area contributed by atoms with Crippen LogP contribution in [0.15, 0.2) is 30.5 Å². The minimum absolute atomic E-state index is 0.0885. The van der Waals surface area contributed by atoms with Crippen LogP contribution in [-0.2, 0) is 16.3 Å². The average Bonchev–Trinajstić information content (AvgIpc) is 3.00. The molecule has 1 fully saturated rings. The number of H-pyrrole nitrogens is 1. The molecule has 0 unspecified atom stereocenters. The molecule has 2 amide bonds. The van der Waals surface area contributed by atoms with E-state index in [1.165, 1.54) is 0 Å². The van der Waals surface area contributed by atoms with Crippen molar-refractivity contribution in [3.05, 3.63) is 36.0 Å². The minimum Gasteiger partial charge on any atom is -0.361 e. The van der Waals surface area contributed by atoms with Gasteiger partial charge in [-0.1, -0.05) is 18.2 Å². The summed E-state index contributed by atoms with van der Waals surface area (Å²) in [6.45, 7) is 0.458. The van der Waals surface area contributed by atoms with E-state index < -0.39 is 27.3 Å². The molecule has 124 valence electrons. The molecular formula is C15H18ClN3O3S. The Morgan fingerprint density at radius 2 is 2.09 bits per heavy atom. The van der Waals surface area contributed by atoms with Gasteiger partial charge in [0.05, 0.1) is 22.9 Å². The predicted octanol–water partition coefficient (Wildman–Crippen LogP) is 1.41. The van der Waals surface area contributed by atoms with Gasteiger partial charge in [0.15, 0.2) is 9.84 Å². The summed E-state index contributed by atoms with van der Waals surface area (Å²) in [5.41, 5.74) is 2.19. The number of hydrogen-bond acceptors (Lipinski definition) is 3. The van der Waals surface area contributed by atoms with Crippen molar-refractivity contribution in [2.24, 2.45) is 0 Å². The van der Waals surface area contributed by atoms with Crippen molar-refractivity contribution in [1.82, 2.24) is 15.6 Å². The molecule has 0 spiro atoms. The van der Waals surface area contributed by atoms with Gasteiger partial charge in [-0.15, -0.1) is 11.6 Å². The van der Waals surface area contributed by atoms with Crippen LogP contribution in [0.3, 0.4) is 0 Å². The molecular weight excluding hydrogens is 338 g/mol. The van der Waals surface area contributed by atoms with E-state index in [-0.39, 0.29) is 11.5 Å². The lowest BCUT2D eigenvalue weighted by molar-refractivity contribution is 0.238. The van der Waals surface area contributed by atoms with Crippen molar-refractivity contribution in [3.8, 4) is 0 Å². The van der Waals surface area contributed by atoms with Crippen LogP contribution >= 0.6 is 11.6 Å². The van der Waals surface area contributed by atoms with E-state index in [1.807, 2.05) is 30.5 Å². The van der Waals surface area contributed by atoms with E-state index >= 15 is 0 Å². The molecule has 0 aliphatic carbocycles. The van der Waals surface area contributed by atoms with Crippen LogP contribution in [0.5, 0.6) is 0 Å². The first-order chi connectivity index (χ1) is 10.9. The molecule has 2 heterocycles. The van der Waals surface area contributed by atoms with E-state index in [2.05, 4.69) is 15.6 Å². The van der Waals surface area contributed by atoms with Crippen LogP contribution in [0.2, 0.25) is 0 Å². The largest absolute Gasteiger partial charge is 0.361 e. The van der Waals surface area contributed by atoms with Crippen molar-refractivity contribution < 1.29 is 13.2 Å². The molecule has 1 aromatic carbocycles. The minimum atomic E-state index is -3.15. The highest BCUT2D eigenvalue weighted by Gasteiger charge is 2.37. The van der Waals surface area contributed by atoms with Gasteiger partial charge in [-0.05, 0) is 18.1 Å². The summed E-state index contributed by atoms with van der Waals surface area (Å²) in [4.78, 5) is 15.1. The average molecular weight is 356 g/mol. The van der Waals surface area contributed by atoms with Crippen LogP contribution < -0.4 is 10.6 Å². The van der Waals surface area contributed by atoms with E-state index in [0.29, 0.717) is 13.0 Å². The van der Waals surface area contributed by atoms with Gasteiger partial charge in [-0.2, -0.15) is 0 Å². The zero-order valence-corrected chi connectivity index (χ0v) is 14.0. The molecule has 1 aliphatic rings. The number of fused-ring (bicyclic) bond motifs is 1. The molecule has 2 atom stereocenters. The van der Waals surface area contributed by atoms with Gasteiger partial charge in [0.2, 0.25) is 0 Å². The highest BCUT2D eigenvalue weighted by atomic mass is 35.5. The number of rotatable bonds is 4. The summed E-state index contributed by atoms with van der Waals surface area (Å²) in [7, 11) is -3.15. The third-order valence-corrected chi connectivity index (χ3v) is 6.33. The Hall–Kier alpha value is -1.73. The van der Waals surface area contributed by atoms with E-state index in [0.717, 1.165) is 16.5 Å². The molecule has 3 rings (SSSR count). The van der Waals surface area contributed by atoms with E-state index in [4.69, 9.17) is 11.6 Å². The lowest BCUT2D eigenvalue weighted by Crippen LogP contribution is -2.46. The number of amides is 2. The number of urea groups is 1. The first kappa shape index (κ1) is 16.1. The zero-order chi connectivity index (χ0) is 16.4. The fraction of sp³-hybridized carbons (Fsp3) is 0.400. The fourth-order valence-electron chi connectivity index (χ4n) is 2.81. The normalized spacial score (nSPS) is 23.0. The van der Waals surface area contributed by atoms with Crippen LogP contribution in [0.25, 0.3) is 10.9 Å². The number of carbonyl (C=O) groups is 1. The lowest BCUT2D eigenvalue weighted by Gasteiger charge is -2.14. The predicted molar refractivity (Wildman–Crippen MR) is 90.6 cm³/mol. The Morgan fingerprint density at radius 3 is 2.83 bits per heavy atom. The molecule has 1 saturated heterocycles. The molecule has 0 saturated carbocycles. The van der Waals surface area contributed by atoms with Crippen LogP contribution in [0.4, 0.5) is 4.79 Å². The summed E-state index contributed by atoms with van der Waals surface area (Å²) in [6, 6.07) is 7.04. The van der Waals surface area contributed by atoms with Crippen LogP contribution in [0.1, 0.15) is 5.56 Å². The topological polar surface area (TPSA) is 91.1 Å². The van der Waals surface area contributed by atoms with Gasteiger partial charge in [0.1, 0.15) is 0 Å². The van der Waals surface area contributed by atoms with Crippen LogP contribution in [-0.4, -0.2) is 48.9 Å². The summed E-state index contributed by atoms with van der Waals surface area (Å²) in [5, 5.41) is 5.94. The third-order valence-electron chi connectivity index (χ3n) is 3.95. The molecule has 1 aromatic heterocycles. The number of para-hydroxylation sites is 1. The Kier molecular flexibility index (Phi) is 4.50. The molecule has 0 bridgehead atoms. The SMILES string of the molecule is O=C(NCCc1c[nH]c2ccccc12)N[C@@H]1CS(=O)(=O)C[C@H]1Cl. The number of aromatic nitrogens is 1. The molecule has 3 N–H and O–H groups in total. The quantitative estimate of drug-likeness (QED) is 0.724. The van der Waals surface area contributed by atoms with Crippen molar-refractivity contribution in [2.75, 3.05) is 18.1 Å². The van der Waals surface area contributed by atoms with Gasteiger partial charge in [-0.3, -0.25) is 0 Å². The Balaban J connectivity index is 1.50. The summed E-state index contributed by atoms with van der Waals surface area (Å²) in [6.07, 6.45) is 2.62. The van der Waals surface area contributed by atoms with Gasteiger partial charge < -0.3 is 15.6 Å². The molecule has 0 radical (unpaired) electrons. The smallest absolute Gasteiger partial charge is 0.315 e. The number of carbonyl (C=O) groups excluding carboxylic acids is 1. The second kappa shape index (κ2) is 6.41. The fourth-order valence-corrected chi connectivity index (χ4v) is 5.36. The second-order valence-corrected chi connectivity index (χ2v) is 8.42. The van der Waals surface area contributed by atoms with Gasteiger partial charge >= 0.3 is 6.03 Å². The number of nitrogens with one attached hydrogen (secondary N) is 3. The summed E-state index contributed by atoms with van der Waals surface area (Å²) < 4.78 is 22.9. The molecule has 2 aromatic rings. The number of halogens is 1. The monoisotopic (exact) mass is 355 g/mol. The number of hydrogen-bond donors (Lipinski definition) is 3. The first-order valence-corrected chi connectivity index (χ1v) is 9.64. The van der Waals surface area contributed by atoms with Gasteiger partial charge in [0, 0.05) is 23.6 Å². The highest BCUT2D eigenvalue weighted by molar-refractivity contribution is 7.91. The van der Waals surface area contributed by atoms with Crippen molar-refractivity contribution in [2.45, 2.75) is 17.8 Å². The molecule has 8 heteroatoms. The van der Waals surface area contributed by atoms with Crippen molar-refractivity contribution in [3.63, 3.8) is 0 Å². The zero-order valence-electron chi connectivity index (χ0n) is 12.4. The highest BCUT2D eigenvalue weighted by Crippen LogP contribution is 2.18. The Labute approximate surface area is 139 Å². The molecule has 6 nitrogen and oxygen atoms in total. The maximum Gasteiger partial charge on any atom is 0.315 e. The standard InChI is InChI=1S/C15H18ClN3O3S/c16-12-8-23(21,22)9-14(12)19-15(20)17-6-5-10-7-18-13-4-2-1-3-11(10)13/h1-4,7,12,14,18H,5-6,8-9H2,(H2,17,19,20)/t12-,14-/m1/s1. The number of alkyl halides is 1. The van der Waals surface area contributed by atoms with Gasteiger partial charge in [0.25, 0.3) is 0 Å². The first-order valence-electron chi connectivity index (χ1n) is 7.38. The van der Waals surface area contributed by atoms with Crippen molar-refractivity contribution in [1.29, 1.82) is 0 Å². The maximum atomic E-state index is 11.9. The Bertz CT molecular complexity index is 818. The van der Waals surface area contributed by atoms with E-state index in [1.54, 1.807) is 0 Å². The van der Waals surface area contributed by atoms with Crippen molar-refractivity contribution >= 4 is 38.4 Å².